The van der Waals surface area contributed by atoms with E-state index in [1.807, 2.05) is 7.05 Å². The SMILES string of the molecule is CNC1CC2CCC(C1)N2Cc1ccccc1C(F)(F)F. The Morgan fingerprint density at radius 3 is 2.33 bits per heavy atom. The molecule has 116 valence electrons. The van der Waals surface area contributed by atoms with Crippen molar-refractivity contribution >= 4 is 0 Å². The monoisotopic (exact) mass is 298 g/mol. The van der Waals surface area contributed by atoms with Gasteiger partial charge in [0.15, 0.2) is 0 Å². The van der Waals surface area contributed by atoms with Gasteiger partial charge in [-0.2, -0.15) is 13.2 Å². The zero-order valence-corrected chi connectivity index (χ0v) is 12.2. The van der Waals surface area contributed by atoms with Gasteiger partial charge in [0, 0.05) is 24.7 Å². The molecular weight excluding hydrogens is 277 g/mol. The smallest absolute Gasteiger partial charge is 0.317 e. The van der Waals surface area contributed by atoms with Crippen molar-refractivity contribution in [2.24, 2.45) is 0 Å². The van der Waals surface area contributed by atoms with Crippen LogP contribution in [-0.4, -0.2) is 30.1 Å². The van der Waals surface area contributed by atoms with Gasteiger partial charge in [-0.15, -0.1) is 0 Å². The molecule has 0 radical (unpaired) electrons. The van der Waals surface area contributed by atoms with E-state index in [0.717, 1.165) is 25.7 Å². The molecule has 3 rings (SSSR count). The fourth-order valence-electron chi connectivity index (χ4n) is 3.90. The molecular formula is C16H21F3N2. The highest BCUT2D eigenvalue weighted by Gasteiger charge is 2.41. The van der Waals surface area contributed by atoms with Crippen molar-refractivity contribution in [2.75, 3.05) is 7.05 Å². The molecule has 0 aliphatic carbocycles. The van der Waals surface area contributed by atoms with Crippen molar-refractivity contribution in [3.8, 4) is 0 Å². The average molecular weight is 298 g/mol. The molecule has 2 nitrogen and oxygen atoms in total. The summed E-state index contributed by atoms with van der Waals surface area (Å²) in [6, 6.07) is 7.33. The number of nitrogens with zero attached hydrogens (tertiary/aromatic N) is 1. The molecule has 0 saturated carbocycles. The van der Waals surface area contributed by atoms with E-state index >= 15 is 0 Å². The molecule has 1 aromatic rings. The third-order valence-electron chi connectivity index (χ3n) is 4.97. The van der Waals surface area contributed by atoms with Gasteiger partial charge in [-0.3, -0.25) is 4.90 Å². The lowest BCUT2D eigenvalue weighted by atomic mass is 9.96. The van der Waals surface area contributed by atoms with E-state index in [4.69, 9.17) is 0 Å². The fraction of sp³-hybridized carbons (Fsp3) is 0.625. The second kappa shape index (κ2) is 5.61. The first-order valence-electron chi connectivity index (χ1n) is 7.57. The van der Waals surface area contributed by atoms with Crippen molar-refractivity contribution in [1.29, 1.82) is 0 Å². The van der Waals surface area contributed by atoms with E-state index < -0.39 is 11.7 Å². The Bertz CT molecular complexity index is 487. The lowest BCUT2D eigenvalue weighted by Crippen LogP contribution is -2.47. The van der Waals surface area contributed by atoms with Crippen molar-refractivity contribution in [3.63, 3.8) is 0 Å². The number of nitrogens with one attached hydrogen (secondary N) is 1. The standard InChI is InChI=1S/C16H21F3N2/c1-20-12-8-13-6-7-14(9-12)21(13)10-11-4-2-3-5-15(11)16(17,18)19/h2-5,12-14,20H,6-10H2,1H3. The molecule has 1 N–H and O–H groups in total. The second-order valence-corrected chi connectivity index (χ2v) is 6.17. The van der Waals surface area contributed by atoms with E-state index in [0.29, 0.717) is 30.2 Å². The Morgan fingerprint density at radius 2 is 1.76 bits per heavy atom. The summed E-state index contributed by atoms with van der Waals surface area (Å²) < 4.78 is 39.3. The zero-order valence-electron chi connectivity index (χ0n) is 12.2. The lowest BCUT2D eigenvalue weighted by Gasteiger charge is -2.39. The van der Waals surface area contributed by atoms with Gasteiger partial charge in [0.2, 0.25) is 0 Å². The largest absolute Gasteiger partial charge is 0.416 e. The number of hydrogen-bond donors (Lipinski definition) is 1. The summed E-state index contributed by atoms with van der Waals surface area (Å²) in [7, 11) is 1.97. The summed E-state index contributed by atoms with van der Waals surface area (Å²) in [6.07, 6.45) is 0.0371. The van der Waals surface area contributed by atoms with Crippen LogP contribution >= 0.6 is 0 Å². The molecule has 21 heavy (non-hydrogen) atoms. The summed E-state index contributed by atoms with van der Waals surface area (Å²) in [5.41, 5.74) is -0.0788. The third kappa shape index (κ3) is 2.94. The average Bonchev–Trinajstić information content (AvgIpc) is 2.69. The zero-order chi connectivity index (χ0) is 15.0. The van der Waals surface area contributed by atoms with E-state index in [2.05, 4.69) is 10.2 Å². The van der Waals surface area contributed by atoms with E-state index in [9.17, 15) is 13.2 Å². The fourth-order valence-corrected chi connectivity index (χ4v) is 3.90. The summed E-state index contributed by atoms with van der Waals surface area (Å²) in [5, 5.41) is 3.32. The molecule has 2 fully saturated rings. The molecule has 2 aliphatic heterocycles. The second-order valence-electron chi connectivity index (χ2n) is 6.17. The highest BCUT2D eigenvalue weighted by Crippen LogP contribution is 2.39. The van der Waals surface area contributed by atoms with Gasteiger partial charge in [-0.25, -0.2) is 0 Å². The Labute approximate surface area is 123 Å². The maximum atomic E-state index is 13.1. The molecule has 2 bridgehead atoms. The highest BCUT2D eigenvalue weighted by molar-refractivity contribution is 5.30. The molecule has 2 unspecified atom stereocenters. The predicted molar refractivity (Wildman–Crippen MR) is 75.9 cm³/mol. The maximum Gasteiger partial charge on any atom is 0.416 e. The van der Waals surface area contributed by atoms with Crippen LogP contribution in [0.1, 0.15) is 36.8 Å². The highest BCUT2D eigenvalue weighted by atomic mass is 19.4. The Hall–Kier alpha value is -1.07. The number of halogens is 3. The number of piperidine rings is 1. The topological polar surface area (TPSA) is 15.3 Å². The third-order valence-corrected chi connectivity index (χ3v) is 4.97. The molecule has 2 heterocycles. The van der Waals surface area contributed by atoms with Crippen LogP contribution in [0.15, 0.2) is 24.3 Å². The molecule has 5 heteroatoms. The normalized spacial score (nSPS) is 29.8. The van der Waals surface area contributed by atoms with Gasteiger partial charge in [0.05, 0.1) is 5.56 Å². The van der Waals surface area contributed by atoms with Gasteiger partial charge in [-0.05, 0) is 44.4 Å². The minimum atomic E-state index is -4.26. The van der Waals surface area contributed by atoms with Crippen LogP contribution in [0.25, 0.3) is 0 Å². The first-order valence-corrected chi connectivity index (χ1v) is 7.57. The van der Waals surface area contributed by atoms with E-state index in [1.165, 1.54) is 12.1 Å². The molecule has 0 amide bonds. The summed E-state index contributed by atoms with van der Waals surface area (Å²) in [6.45, 7) is 0.418. The van der Waals surface area contributed by atoms with Gasteiger partial charge in [-0.1, -0.05) is 18.2 Å². The van der Waals surface area contributed by atoms with Crippen LogP contribution in [0, 0.1) is 0 Å². The Kier molecular flexibility index (Phi) is 3.97. The van der Waals surface area contributed by atoms with Crippen LogP contribution in [0.2, 0.25) is 0 Å². The van der Waals surface area contributed by atoms with E-state index in [-0.39, 0.29) is 0 Å². The number of alkyl halides is 3. The van der Waals surface area contributed by atoms with Gasteiger partial charge in [0.1, 0.15) is 0 Å². The molecule has 2 aliphatic rings. The minimum Gasteiger partial charge on any atom is -0.317 e. The van der Waals surface area contributed by atoms with Gasteiger partial charge >= 0.3 is 6.18 Å². The van der Waals surface area contributed by atoms with E-state index in [1.54, 1.807) is 12.1 Å². The summed E-state index contributed by atoms with van der Waals surface area (Å²) in [4.78, 5) is 2.29. The number of hydrogen-bond acceptors (Lipinski definition) is 2. The summed E-state index contributed by atoms with van der Waals surface area (Å²) in [5.74, 6) is 0. The number of rotatable bonds is 3. The first kappa shape index (κ1) is 14.9. The minimum absolute atomic E-state index is 0.407. The predicted octanol–water partition coefficient (Wildman–Crippen LogP) is 3.42. The molecule has 2 saturated heterocycles. The Balaban J connectivity index is 1.79. The van der Waals surface area contributed by atoms with Crippen molar-refractivity contribution in [1.82, 2.24) is 10.2 Å². The molecule has 1 aromatic carbocycles. The molecule has 0 spiro atoms. The Morgan fingerprint density at radius 1 is 1.14 bits per heavy atom. The van der Waals surface area contributed by atoms with Crippen LogP contribution in [0.5, 0.6) is 0 Å². The van der Waals surface area contributed by atoms with Gasteiger partial charge in [0.25, 0.3) is 0 Å². The van der Waals surface area contributed by atoms with Crippen LogP contribution in [0.3, 0.4) is 0 Å². The van der Waals surface area contributed by atoms with Crippen molar-refractivity contribution in [3.05, 3.63) is 35.4 Å². The van der Waals surface area contributed by atoms with Gasteiger partial charge < -0.3 is 5.32 Å². The molecule has 0 aromatic heterocycles. The molecule has 2 atom stereocenters. The first-order chi connectivity index (χ1) is 9.99. The van der Waals surface area contributed by atoms with Crippen LogP contribution < -0.4 is 5.32 Å². The number of fused-ring (bicyclic) bond motifs is 2. The van der Waals surface area contributed by atoms with Crippen LogP contribution in [0.4, 0.5) is 13.2 Å². The van der Waals surface area contributed by atoms with Crippen LogP contribution in [-0.2, 0) is 12.7 Å². The van der Waals surface area contributed by atoms with Crippen molar-refractivity contribution in [2.45, 2.75) is 56.5 Å². The number of benzene rings is 1. The summed E-state index contributed by atoms with van der Waals surface area (Å²) >= 11 is 0. The maximum absolute atomic E-state index is 13.1. The van der Waals surface area contributed by atoms with Crippen molar-refractivity contribution < 1.29 is 13.2 Å². The quantitative estimate of drug-likeness (QED) is 0.920. The lowest BCUT2D eigenvalue weighted by molar-refractivity contribution is -0.138.